The number of nitrogens with two attached hydrogens (primary N) is 1. The van der Waals surface area contributed by atoms with E-state index in [2.05, 4.69) is 20.6 Å². The highest BCUT2D eigenvalue weighted by molar-refractivity contribution is 6.33. The monoisotopic (exact) mass is 487 g/mol. The molecule has 0 bridgehead atoms. The molecule has 0 radical (unpaired) electrons. The molecule has 2 atom stereocenters. The van der Waals surface area contributed by atoms with Gasteiger partial charge in [-0.25, -0.2) is 14.4 Å². The number of imidazole rings is 1. The fourth-order valence-corrected chi connectivity index (χ4v) is 5.22. The normalized spacial score (nSPS) is 24.9. The van der Waals surface area contributed by atoms with Crippen molar-refractivity contribution in [2.75, 3.05) is 10.6 Å². The van der Waals surface area contributed by atoms with E-state index in [4.69, 9.17) is 22.3 Å². The number of primary amides is 1. The van der Waals surface area contributed by atoms with Gasteiger partial charge in [0, 0.05) is 18.0 Å². The average Bonchev–Trinajstić information content (AvgIpc) is 3.38. The van der Waals surface area contributed by atoms with Crippen molar-refractivity contribution in [3.8, 4) is 0 Å². The van der Waals surface area contributed by atoms with Crippen LogP contribution in [-0.4, -0.2) is 42.7 Å². The highest BCUT2D eigenvalue weighted by Gasteiger charge is 2.30. The van der Waals surface area contributed by atoms with E-state index in [0.717, 1.165) is 12.8 Å². The Hall–Kier alpha value is -2.98. The minimum Gasteiger partial charge on any atom is -0.393 e. The number of fused-ring (bicyclic) bond motifs is 1. The van der Waals surface area contributed by atoms with E-state index in [-0.39, 0.29) is 40.7 Å². The first-order valence-corrected chi connectivity index (χ1v) is 12.0. The maximum absolute atomic E-state index is 14.5. The van der Waals surface area contributed by atoms with Gasteiger partial charge in [0.15, 0.2) is 5.65 Å². The van der Waals surface area contributed by atoms with Crippen LogP contribution in [-0.2, 0) is 4.79 Å². The third-order valence-corrected chi connectivity index (χ3v) is 7.15. The van der Waals surface area contributed by atoms with Crippen molar-refractivity contribution in [3.63, 3.8) is 0 Å². The third kappa shape index (κ3) is 4.52. The van der Waals surface area contributed by atoms with Gasteiger partial charge in [0.05, 0.1) is 23.0 Å². The Morgan fingerprint density at radius 1 is 1.18 bits per heavy atom. The van der Waals surface area contributed by atoms with Crippen molar-refractivity contribution < 1.29 is 14.3 Å². The van der Waals surface area contributed by atoms with Gasteiger partial charge in [-0.2, -0.15) is 4.98 Å². The number of amides is 1. The number of anilines is 3. The molecule has 2 aliphatic rings. The summed E-state index contributed by atoms with van der Waals surface area (Å²) in [7, 11) is 0. The average molecular weight is 488 g/mol. The summed E-state index contributed by atoms with van der Waals surface area (Å²) in [6.45, 7) is 0. The summed E-state index contributed by atoms with van der Waals surface area (Å²) < 4.78 is 16.5. The number of nitrogens with zero attached hydrogens (tertiary/aromatic N) is 4. The molecule has 2 aliphatic carbocycles. The number of rotatable bonds is 6. The van der Waals surface area contributed by atoms with Crippen LogP contribution in [0.15, 0.2) is 24.4 Å². The van der Waals surface area contributed by atoms with Crippen LogP contribution in [0.3, 0.4) is 0 Å². The first-order valence-electron chi connectivity index (χ1n) is 11.6. The number of aliphatic hydroxyl groups excluding tert-OH is 1. The highest BCUT2D eigenvalue weighted by Crippen LogP contribution is 2.38. The molecule has 9 nitrogen and oxygen atoms in total. The minimum atomic E-state index is -0.489. The molecule has 2 saturated carbocycles. The topological polar surface area (TPSA) is 131 Å². The van der Waals surface area contributed by atoms with Crippen LogP contribution in [0.25, 0.3) is 11.2 Å². The van der Waals surface area contributed by atoms with Crippen molar-refractivity contribution in [3.05, 3.63) is 35.2 Å². The maximum atomic E-state index is 14.5. The Bertz CT molecular complexity index is 1190. The zero-order valence-electron chi connectivity index (χ0n) is 18.5. The molecule has 1 amide bonds. The summed E-state index contributed by atoms with van der Waals surface area (Å²) in [5, 5.41) is 16.4. The highest BCUT2D eigenvalue weighted by atomic mass is 35.5. The molecule has 5 N–H and O–H groups in total. The predicted octanol–water partition coefficient (Wildman–Crippen LogP) is 3.90. The van der Waals surface area contributed by atoms with Gasteiger partial charge >= 0.3 is 0 Å². The van der Waals surface area contributed by atoms with Gasteiger partial charge < -0.3 is 21.5 Å². The zero-order chi connectivity index (χ0) is 23.8. The van der Waals surface area contributed by atoms with Crippen LogP contribution in [0.4, 0.5) is 22.0 Å². The summed E-state index contributed by atoms with van der Waals surface area (Å²) in [5.41, 5.74) is 6.82. The molecule has 2 fully saturated rings. The van der Waals surface area contributed by atoms with Crippen LogP contribution >= 0.6 is 11.6 Å². The summed E-state index contributed by atoms with van der Waals surface area (Å²) >= 11 is 6.25. The van der Waals surface area contributed by atoms with Gasteiger partial charge in [-0.15, -0.1) is 0 Å². The van der Waals surface area contributed by atoms with E-state index in [0.29, 0.717) is 55.2 Å². The first-order chi connectivity index (χ1) is 16.4. The smallest absolute Gasteiger partial charge is 0.224 e. The fraction of sp³-hybridized carbons (Fsp3) is 0.478. The van der Waals surface area contributed by atoms with E-state index in [1.165, 1.54) is 6.07 Å². The largest absolute Gasteiger partial charge is 0.393 e. The molecule has 0 unspecified atom stereocenters. The second-order valence-corrected chi connectivity index (χ2v) is 9.55. The van der Waals surface area contributed by atoms with Gasteiger partial charge in [0.25, 0.3) is 0 Å². The number of nitrogens with one attached hydrogen (secondary N) is 2. The molecule has 34 heavy (non-hydrogen) atoms. The van der Waals surface area contributed by atoms with E-state index < -0.39 is 5.82 Å². The summed E-state index contributed by atoms with van der Waals surface area (Å²) in [4.78, 5) is 25.5. The van der Waals surface area contributed by atoms with Gasteiger partial charge in [-0.3, -0.25) is 9.36 Å². The minimum absolute atomic E-state index is 0.00954. The number of halogens is 2. The van der Waals surface area contributed by atoms with E-state index in [1.54, 1.807) is 18.3 Å². The number of benzene rings is 1. The Morgan fingerprint density at radius 3 is 2.65 bits per heavy atom. The van der Waals surface area contributed by atoms with Gasteiger partial charge in [0.2, 0.25) is 17.8 Å². The lowest BCUT2D eigenvalue weighted by atomic mass is 9.85. The molecule has 0 saturated heterocycles. The Balaban J connectivity index is 1.52. The number of aliphatic hydroxyl groups is 1. The zero-order valence-corrected chi connectivity index (χ0v) is 19.3. The molecule has 180 valence electrons. The number of aromatic nitrogens is 4. The first kappa shape index (κ1) is 22.8. The number of hydrogen-bond donors (Lipinski definition) is 4. The summed E-state index contributed by atoms with van der Waals surface area (Å²) in [6.07, 6.45) is 6.31. The van der Waals surface area contributed by atoms with Crippen molar-refractivity contribution in [2.24, 2.45) is 11.7 Å². The van der Waals surface area contributed by atoms with Crippen LogP contribution < -0.4 is 16.4 Å². The lowest BCUT2D eigenvalue weighted by Crippen LogP contribution is -2.29. The number of carbonyl (C=O) groups excluding carboxylic acids is 1. The second kappa shape index (κ2) is 9.34. The van der Waals surface area contributed by atoms with Crippen LogP contribution in [0.2, 0.25) is 5.02 Å². The van der Waals surface area contributed by atoms with Crippen LogP contribution in [0.1, 0.15) is 51.0 Å². The summed E-state index contributed by atoms with van der Waals surface area (Å²) in [5.74, 6) is -0.0554. The number of carbonyl (C=O) groups is 1. The van der Waals surface area contributed by atoms with Gasteiger partial charge in [-0.1, -0.05) is 17.7 Å². The van der Waals surface area contributed by atoms with Gasteiger partial charge in [-0.05, 0) is 57.1 Å². The second-order valence-electron chi connectivity index (χ2n) is 9.15. The standard InChI is InChI=1S/C23H27ClFN7O2/c24-16-2-1-3-17(25)19(16)30-23-29-18-11-27-22(28-13-6-9-15(33)10-13)31-21(18)32(23)14-7-4-12(5-8-14)20(26)34/h1-3,11-15,33H,4-10H2,(H2,26,34)(H,29,30)(H,27,28,31)/t12?,13-,14?,15-/m0/s1. The predicted molar refractivity (Wildman–Crippen MR) is 127 cm³/mol. The molecule has 11 heteroatoms. The van der Waals surface area contributed by atoms with Crippen LogP contribution in [0, 0.1) is 11.7 Å². The lowest BCUT2D eigenvalue weighted by molar-refractivity contribution is -0.122. The number of para-hydroxylation sites is 1. The third-order valence-electron chi connectivity index (χ3n) is 6.83. The summed E-state index contributed by atoms with van der Waals surface area (Å²) in [6, 6.07) is 4.57. The van der Waals surface area contributed by atoms with Crippen molar-refractivity contribution >= 4 is 46.3 Å². The molecular formula is C23H27ClFN7O2. The molecule has 2 heterocycles. The van der Waals surface area contributed by atoms with Crippen molar-refractivity contribution in [1.82, 2.24) is 19.5 Å². The molecular weight excluding hydrogens is 461 g/mol. The molecule has 2 aromatic heterocycles. The molecule has 0 spiro atoms. The Morgan fingerprint density at radius 2 is 1.97 bits per heavy atom. The van der Waals surface area contributed by atoms with Crippen molar-refractivity contribution in [1.29, 1.82) is 0 Å². The quantitative estimate of drug-likeness (QED) is 0.414. The van der Waals surface area contributed by atoms with E-state index in [1.807, 2.05) is 4.57 Å². The van der Waals surface area contributed by atoms with E-state index >= 15 is 0 Å². The molecule has 1 aromatic carbocycles. The van der Waals surface area contributed by atoms with Crippen molar-refractivity contribution in [2.45, 2.75) is 63.1 Å². The molecule has 3 aromatic rings. The van der Waals surface area contributed by atoms with E-state index in [9.17, 15) is 14.3 Å². The Labute approximate surface area is 200 Å². The van der Waals surface area contributed by atoms with Gasteiger partial charge in [0.1, 0.15) is 11.3 Å². The molecule has 5 rings (SSSR count). The van der Waals surface area contributed by atoms with Crippen LogP contribution in [0.5, 0.6) is 0 Å². The molecule has 0 aliphatic heterocycles. The Kier molecular flexibility index (Phi) is 6.26. The maximum Gasteiger partial charge on any atom is 0.224 e. The number of hydrogen-bond acceptors (Lipinski definition) is 7. The SMILES string of the molecule is NC(=O)C1CCC(n2c(Nc3c(F)cccc3Cl)nc3cnc(N[C@H]4CC[C@H](O)C4)nc32)CC1. The fourth-order valence-electron chi connectivity index (χ4n) is 5.01. The lowest BCUT2D eigenvalue weighted by Gasteiger charge is -2.29.